The molecule has 25 heavy (non-hydrogen) atoms. The molecule has 0 radical (unpaired) electrons. The van der Waals surface area contributed by atoms with Crippen LogP contribution in [0.25, 0.3) is 6.08 Å². The van der Waals surface area contributed by atoms with Crippen LogP contribution in [0.1, 0.15) is 36.1 Å². The van der Waals surface area contributed by atoms with Crippen molar-refractivity contribution in [1.29, 1.82) is 0 Å². The average Bonchev–Trinajstić information content (AvgIpc) is 2.88. The molecule has 1 amide bonds. The molecule has 2 aromatic rings. The molecule has 0 unspecified atom stereocenters. The fourth-order valence-electron chi connectivity index (χ4n) is 2.98. The Bertz CT molecular complexity index is 748. The molecule has 5 nitrogen and oxygen atoms in total. The summed E-state index contributed by atoms with van der Waals surface area (Å²) in [4.78, 5) is 12.1. The Labute approximate surface area is 153 Å². The highest BCUT2D eigenvalue weighted by atomic mass is 35.5. The molecule has 1 aliphatic rings. The van der Waals surface area contributed by atoms with E-state index in [0.29, 0.717) is 11.7 Å². The molecule has 1 aromatic carbocycles. The second kappa shape index (κ2) is 8.32. The van der Waals surface area contributed by atoms with Crippen LogP contribution in [-0.2, 0) is 11.3 Å². The third-order valence-corrected chi connectivity index (χ3v) is 4.71. The number of aryl methyl sites for hydroxylation is 1. The van der Waals surface area contributed by atoms with Crippen molar-refractivity contribution in [2.45, 2.75) is 32.7 Å². The van der Waals surface area contributed by atoms with Crippen molar-refractivity contribution in [3.05, 3.63) is 58.4 Å². The lowest BCUT2D eigenvalue weighted by molar-refractivity contribution is -0.121. The molecule has 1 fully saturated rings. The van der Waals surface area contributed by atoms with Crippen molar-refractivity contribution in [3.63, 3.8) is 0 Å². The van der Waals surface area contributed by atoms with Gasteiger partial charge in [0.15, 0.2) is 0 Å². The largest absolute Gasteiger partial charge is 0.285 e. The van der Waals surface area contributed by atoms with Crippen LogP contribution in [-0.4, -0.2) is 33.8 Å². The maximum atomic E-state index is 12.1. The van der Waals surface area contributed by atoms with E-state index in [-0.39, 0.29) is 5.91 Å². The Morgan fingerprint density at radius 3 is 2.68 bits per heavy atom. The van der Waals surface area contributed by atoms with Crippen LogP contribution in [0.2, 0.25) is 5.15 Å². The number of hydrogen-bond acceptors (Lipinski definition) is 3. The van der Waals surface area contributed by atoms with Crippen molar-refractivity contribution in [2.75, 3.05) is 13.1 Å². The number of benzene rings is 1. The van der Waals surface area contributed by atoms with Gasteiger partial charge in [0.1, 0.15) is 5.15 Å². The molecular formula is C19H23ClN4O. The fraction of sp³-hybridized carbons (Fsp3) is 0.368. The molecule has 132 valence electrons. The van der Waals surface area contributed by atoms with E-state index >= 15 is 0 Å². The number of piperidine rings is 1. The molecule has 2 heterocycles. The number of nitrogens with zero attached hydrogens (tertiary/aromatic N) is 3. The van der Waals surface area contributed by atoms with Gasteiger partial charge in [0.05, 0.1) is 12.2 Å². The maximum absolute atomic E-state index is 12.1. The van der Waals surface area contributed by atoms with Gasteiger partial charge in [-0.25, -0.2) is 9.69 Å². The lowest BCUT2D eigenvalue weighted by atomic mass is 10.2. The number of hydrazine groups is 1. The van der Waals surface area contributed by atoms with E-state index in [0.717, 1.165) is 42.8 Å². The first kappa shape index (κ1) is 17.7. The van der Waals surface area contributed by atoms with E-state index in [2.05, 4.69) is 10.5 Å². The number of nitrogens with one attached hydrogen (secondary N) is 1. The normalized spacial score (nSPS) is 15.6. The fourth-order valence-corrected chi connectivity index (χ4v) is 3.27. The SMILES string of the molecule is Cc1nn(Cc2ccccc2)c(Cl)c1/C=C/C(=O)NN1CCCCC1. The van der Waals surface area contributed by atoms with Crippen LogP contribution >= 0.6 is 11.6 Å². The zero-order chi connectivity index (χ0) is 17.6. The van der Waals surface area contributed by atoms with Gasteiger partial charge in [-0.1, -0.05) is 48.4 Å². The standard InChI is InChI=1S/C19H23ClN4O/c1-15-17(10-11-18(25)22-23-12-6-3-7-13-23)19(20)24(21-15)14-16-8-4-2-5-9-16/h2,4-5,8-11H,3,6-7,12-14H2,1H3,(H,22,25)/b11-10+. The molecule has 1 saturated heterocycles. The number of hydrogen-bond donors (Lipinski definition) is 1. The summed E-state index contributed by atoms with van der Waals surface area (Å²) in [7, 11) is 0. The zero-order valence-corrected chi connectivity index (χ0v) is 15.2. The first-order chi connectivity index (χ1) is 12.1. The third-order valence-electron chi connectivity index (χ3n) is 4.31. The minimum Gasteiger partial charge on any atom is -0.285 e. The summed E-state index contributed by atoms with van der Waals surface area (Å²) < 4.78 is 1.76. The highest BCUT2D eigenvalue weighted by Crippen LogP contribution is 2.22. The number of halogens is 1. The molecule has 1 N–H and O–H groups in total. The summed E-state index contributed by atoms with van der Waals surface area (Å²) in [5, 5.41) is 7.01. The number of amides is 1. The van der Waals surface area contributed by atoms with Crippen molar-refractivity contribution in [2.24, 2.45) is 0 Å². The number of carbonyl (C=O) groups is 1. The Morgan fingerprint density at radius 1 is 1.24 bits per heavy atom. The number of carbonyl (C=O) groups excluding carboxylic acids is 1. The monoisotopic (exact) mass is 358 g/mol. The van der Waals surface area contributed by atoms with Crippen LogP contribution in [0.5, 0.6) is 0 Å². The van der Waals surface area contributed by atoms with E-state index in [1.54, 1.807) is 10.8 Å². The lowest BCUT2D eigenvalue weighted by Gasteiger charge is -2.26. The topological polar surface area (TPSA) is 50.2 Å². The molecule has 0 aliphatic carbocycles. The Hall–Kier alpha value is -2.11. The summed E-state index contributed by atoms with van der Waals surface area (Å²) in [5.74, 6) is -0.131. The molecule has 3 rings (SSSR count). The van der Waals surface area contributed by atoms with E-state index in [1.807, 2.05) is 42.3 Å². The van der Waals surface area contributed by atoms with E-state index in [1.165, 1.54) is 12.5 Å². The minimum atomic E-state index is -0.131. The summed E-state index contributed by atoms with van der Waals surface area (Å²) in [6.45, 7) is 4.33. The minimum absolute atomic E-state index is 0.131. The van der Waals surface area contributed by atoms with E-state index in [9.17, 15) is 4.79 Å². The maximum Gasteiger partial charge on any atom is 0.258 e. The highest BCUT2D eigenvalue weighted by molar-refractivity contribution is 6.31. The summed E-state index contributed by atoms with van der Waals surface area (Å²) >= 11 is 6.46. The average molecular weight is 359 g/mol. The summed E-state index contributed by atoms with van der Waals surface area (Å²) in [6, 6.07) is 10.0. The Balaban J connectivity index is 1.66. The van der Waals surface area contributed by atoms with Gasteiger partial charge in [-0.2, -0.15) is 5.10 Å². The molecule has 0 saturated carbocycles. The van der Waals surface area contributed by atoms with Crippen LogP contribution in [0.15, 0.2) is 36.4 Å². The van der Waals surface area contributed by atoms with Gasteiger partial charge >= 0.3 is 0 Å². The van der Waals surface area contributed by atoms with Gasteiger partial charge in [-0.3, -0.25) is 10.2 Å². The smallest absolute Gasteiger partial charge is 0.258 e. The first-order valence-electron chi connectivity index (χ1n) is 8.64. The molecule has 0 atom stereocenters. The molecule has 1 aliphatic heterocycles. The van der Waals surface area contributed by atoms with Gasteiger partial charge in [-0.15, -0.1) is 0 Å². The molecule has 0 bridgehead atoms. The lowest BCUT2D eigenvalue weighted by Crippen LogP contribution is -2.44. The zero-order valence-electron chi connectivity index (χ0n) is 14.4. The number of rotatable bonds is 5. The third kappa shape index (κ3) is 4.71. The predicted molar refractivity (Wildman–Crippen MR) is 100 cm³/mol. The number of aromatic nitrogens is 2. The van der Waals surface area contributed by atoms with Crippen molar-refractivity contribution >= 4 is 23.6 Å². The van der Waals surface area contributed by atoms with Crippen molar-refractivity contribution in [3.8, 4) is 0 Å². The van der Waals surface area contributed by atoms with Crippen LogP contribution in [0.4, 0.5) is 0 Å². The predicted octanol–water partition coefficient (Wildman–Crippen LogP) is 3.42. The second-order valence-electron chi connectivity index (χ2n) is 6.29. The second-order valence-corrected chi connectivity index (χ2v) is 6.65. The summed E-state index contributed by atoms with van der Waals surface area (Å²) in [5.41, 5.74) is 5.63. The van der Waals surface area contributed by atoms with Gasteiger partial charge < -0.3 is 0 Å². The Morgan fingerprint density at radius 2 is 1.96 bits per heavy atom. The van der Waals surface area contributed by atoms with Crippen LogP contribution in [0.3, 0.4) is 0 Å². The molecule has 0 spiro atoms. The van der Waals surface area contributed by atoms with Crippen LogP contribution < -0.4 is 5.43 Å². The molecule has 6 heteroatoms. The Kier molecular flexibility index (Phi) is 5.89. The highest BCUT2D eigenvalue weighted by Gasteiger charge is 2.13. The van der Waals surface area contributed by atoms with E-state index < -0.39 is 0 Å². The first-order valence-corrected chi connectivity index (χ1v) is 9.02. The summed E-state index contributed by atoms with van der Waals surface area (Å²) in [6.07, 6.45) is 6.75. The van der Waals surface area contributed by atoms with Gasteiger partial charge in [0, 0.05) is 24.7 Å². The quantitative estimate of drug-likeness (QED) is 0.833. The van der Waals surface area contributed by atoms with Crippen LogP contribution in [0, 0.1) is 6.92 Å². The van der Waals surface area contributed by atoms with Gasteiger partial charge in [0.25, 0.3) is 5.91 Å². The molecular weight excluding hydrogens is 336 g/mol. The van der Waals surface area contributed by atoms with Gasteiger partial charge in [-0.05, 0) is 31.4 Å². The van der Waals surface area contributed by atoms with Gasteiger partial charge in [0.2, 0.25) is 0 Å². The molecule has 1 aromatic heterocycles. The van der Waals surface area contributed by atoms with Crippen molar-refractivity contribution in [1.82, 2.24) is 20.2 Å². The van der Waals surface area contributed by atoms with E-state index in [4.69, 9.17) is 11.6 Å². The van der Waals surface area contributed by atoms with Crippen molar-refractivity contribution < 1.29 is 4.79 Å².